The van der Waals surface area contributed by atoms with Crippen molar-refractivity contribution in [2.45, 2.75) is 25.2 Å². The molecular formula is C22H25N5O4S. The SMILES string of the molecule is CCN(CC)S(=O)(=O)c1ccc(N2CC=C(c3c[nH]c4ncccc34)CC2)c([N+](=O)[O-])c1. The van der Waals surface area contributed by atoms with Crippen molar-refractivity contribution in [3.63, 3.8) is 0 Å². The zero-order valence-corrected chi connectivity index (χ0v) is 18.8. The number of H-pyrrole nitrogens is 1. The summed E-state index contributed by atoms with van der Waals surface area (Å²) in [4.78, 5) is 20.6. The smallest absolute Gasteiger partial charge is 0.293 e. The van der Waals surface area contributed by atoms with Gasteiger partial charge in [0.25, 0.3) is 5.69 Å². The van der Waals surface area contributed by atoms with Crippen molar-refractivity contribution in [3.05, 3.63) is 64.5 Å². The third kappa shape index (κ3) is 3.87. The fraction of sp³-hybridized carbons (Fsp3) is 0.318. The van der Waals surface area contributed by atoms with E-state index in [1.165, 1.54) is 16.4 Å². The summed E-state index contributed by atoms with van der Waals surface area (Å²) in [7, 11) is -3.77. The second-order valence-corrected chi connectivity index (χ2v) is 9.46. The predicted molar refractivity (Wildman–Crippen MR) is 124 cm³/mol. The lowest BCUT2D eigenvalue weighted by molar-refractivity contribution is -0.384. The number of aromatic nitrogens is 2. The first-order valence-electron chi connectivity index (χ1n) is 10.5. The second kappa shape index (κ2) is 8.71. The van der Waals surface area contributed by atoms with Crippen molar-refractivity contribution in [3.8, 4) is 0 Å². The third-order valence-electron chi connectivity index (χ3n) is 5.83. The number of nitro groups is 1. The Hall–Kier alpha value is -3.24. The summed E-state index contributed by atoms with van der Waals surface area (Å²) >= 11 is 0. The first kappa shape index (κ1) is 22.0. The highest BCUT2D eigenvalue weighted by molar-refractivity contribution is 7.89. The van der Waals surface area contributed by atoms with Crippen LogP contribution < -0.4 is 4.90 Å². The fourth-order valence-electron chi connectivity index (χ4n) is 4.14. The van der Waals surface area contributed by atoms with E-state index in [1.54, 1.807) is 26.1 Å². The van der Waals surface area contributed by atoms with Crippen LogP contribution in [-0.4, -0.2) is 53.8 Å². The van der Waals surface area contributed by atoms with Crippen LogP contribution in [-0.2, 0) is 10.0 Å². The summed E-state index contributed by atoms with van der Waals surface area (Å²) in [6.45, 7) is 5.17. The summed E-state index contributed by atoms with van der Waals surface area (Å²) in [5.41, 5.74) is 3.29. The molecule has 32 heavy (non-hydrogen) atoms. The number of pyridine rings is 1. The molecule has 1 aliphatic heterocycles. The van der Waals surface area contributed by atoms with Gasteiger partial charge in [0.15, 0.2) is 0 Å². The number of benzene rings is 1. The van der Waals surface area contributed by atoms with Gasteiger partial charge in [0.2, 0.25) is 10.0 Å². The van der Waals surface area contributed by atoms with Crippen molar-refractivity contribution >= 4 is 38.0 Å². The van der Waals surface area contributed by atoms with Crippen LogP contribution in [0.3, 0.4) is 0 Å². The maximum absolute atomic E-state index is 12.8. The molecule has 0 unspecified atom stereocenters. The Morgan fingerprint density at radius 3 is 2.69 bits per heavy atom. The molecule has 0 amide bonds. The monoisotopic (exact) mass is 455 g/mol. The van der Waals surface area contributed by atoms with Crippen molar-refractivity contribution in [1.82, 2.24) is 14.3 Å². The van der Waals surface area contributed by atoms with Crippen molar-refractivity contribution in [1.29, 1.82) is 0 Å². The average molecular weight is 456 g/mol. The van der Waals surface area contributed by atoms with E-state index in [0.29, 0.717) is 38.3 Å². The van der Waals surface area contributed by atoms with Crippen LogP contribution >= 0.6 is 0 Å². The molecule has 1 aromatic carbocycles. The van der Waals surface area contributed by atoms with Crippen LogP contribution in [0.4, 0.5) is 11.4 Å². The molecule has 0 radical (unpaired) electrons. The van der Waals surface area contributed by atoms with Crippen LogP contribution in [0.25, 0.3) is 16.6 Å². The lowest BCUT2D eigenvalue weighted by Crippen LogP contribution is -2.31. The second-order valence-electron chi connectivity index (χ2n) is 7.52. The molecule has 168 valence electrons. The number of nitrogens with one attached hydrogen (secondary N) is 1. The van der Waals surface area contributed by atoms with E-state index in [4.69, 9.17) is 0 Å². The van der Waals surface area contributed by atoms with Crippen molar-refractivity contribution in [2.75, 3.05) is 31.1 Å². The molecule has 1 N–H and O–H groups in total. The maximum atomic E-state index is 12.8. The zero-order valence-electron chi connectivity index (χ0n) is 18.0. The number of aromatic amines is 1. The number of nitrogens with zero attached hydrogens (tertiary/aromatic N) is 4. The van der Waals surface area contributed by atoms with Crippen molar-refractivity contribution in [2.24, 2.45) is 0 Å². The molecule has 0 spiro atoms. The number of fused-ring (bicyclic) bond motifs is 1. The Morgan fingerprint density at radius 1 is 1.25 bits per heavy atom. The molecule has 3 aromatic rings. The molecule has 2 aromatic heterocycles. The quantitative estimate of drug-likeness (QED) is 0.428. The predicted octanol–water partition coefficient (Wildman–Crippen LogP) is 3.80. The lowest BCUT2D eigenvalue weighted by Gasteiger charge is -2.28. The van der Waals surface area contributed by atoms with E-state index in [2.05, 4.69) is 16.0 Å². The van der Waals surface area contributed by atoms with Gasteiger partial charge in [-0.25, -0.2) is 13.4 Å². The lowest BCUT2D eigenvalue weighted by atomic mass is 9.99. The van der Waals surface area contributed by atoms with Gasteiger partial charge in [0.1, 0.15) is 11.3 Å². The minimum Gasteiger partial charge on any atom is -0.362 e. The van der Waals surface area contributed by atoms with Gasteiger partial charge >= 0.3 is 0 Å². The highest BCUT2D eigenvalue weighted by atomic mass is 32.2. The van der Waals surface area contributed by atoms with Crippen molar-refractivity contribution < 1.29 is 13.3 Å². The standard InChI is InChI=1S/C22H25N5O4S/c1-3-26(4-2)32(30,31)17-7-8-20(21(14-17)27(28)29)25-12-9-16(10-13-25)19-15-24-22-18(19)6-5-11-23-22/h5-9,11,14-15H,3-4,10,12-13H2,1-2H3,(H,23,24). The molecule has 10 heteroatoms. The molecule has 1 aliphatic rings. The minimum absolute atomic E-state index is 0.0591. The van der Waals surface area contributed by atoms with Crippen LogP contribution in [0.1, 0.15) is 25.8 Å². The molecule has 4 rings (SSSR count). The number of hydrogen-bond donors (Lipinski definition) is 1. The van der Waals surface area contributed by atoms with E-state index in [9.17, 15) is 18.5 Å². The molecule has 0 bridgehead atoms. The Labute approximate surface area is 186 Å². The Bertz CT molecular complexity index is 1290. The first-order chi connectivity index (χ1) is 15.4. The molecule has 0 saturated heterocycles. The number of hydrogen-bond acceptors (Lipinski definition) is 6. The van der Waals surface area contributed by atoms with Gasteiger partial charge in [-0.2, -0.15) is 4.31 Å². The van der Waals surface area contributed by atoms with E-state index in [1.807, 2.05) is 23.2 Å². The van der Waals surface area contributed by atoms with Crippen LogP contribution in [0, 0.1) is 10.1 Å². The maximum Gasteiger partial charge on any atom is 0.293 e. The molecular weight excluding hydrogens is 430 g/mol. The summed E-state index contributed by atoms with van der Waals surface area (Å²) in [6.07, 6.45) is 6.44. The van der Waals surface area contributed by atoms with Crippen LogP contribution in [0.5, 0.6) is 0 Å². The Morgan fingerprint density at radius 2 is 2.03 bits per heavy atom. The number of sulfonamides is 1. The minimum atomic E-state index is -3.77. The first-order valence-corrected chi connectivity index (χ1v) is 12.0. The average Bonchev–Trinajstić information content (AvgIpc) is 3.23. The molecule has 0 atom stereocenters. The Kier molecular flexibility index (Phi) is 5.98. The molecule has 0 saturated carbocycles. The fourth-order valence-corrected chi connectivity index (χ4v) is 5.62. The number of anilines is 1. The van der Waals surface area contributed by atoms with Gasteiger partial charge in [0, 0.05) is 55.6 Å². The van der Waals surface area contributed by atoms with Gasteiger partial charge in [-0.1, -0.05) is 19.9 Å². The summed E-state index contributed by atoms with van der Waals surface area (Å²) in [5, 5.41) is 12.8. The van der Waals surface area contributed by atoms with Gasteiger partial charge < -0.3 is 9.88 Å². The number of nitro benzene ring substituents is 1. The summed E-state index contributed by atoms with van der Waals surface area (Å²) in [6, 6.07) is 8.09. The van der Waals surface area contributed by atoms with E-state index >= 15 is 0 Å². The Balaban J connectivity index is 1.64. The summed E-state index contributed by atoms with van der Waals surface area (Å²) in [5.74, 6) is 0. The highest BCUT2D eigenvalue weighted by Gasteiger charge is 2.28. The van der Waals surface area contributed by atoms with E-state index in [0.717, 1.165) is 22.2 Å². The molecule has 0 fully saturated rings. The molecule has 0 aliphatic carbocycles. The van der Waals surface area contributed by atoms with Gasteiger partial charge in [-0.05, 0) is 36.3 Å². The van der Waals surface area contributed by atoms with Crippen LogP contribution in [0.2, 0.25) is 0 Å². The van der Waals surface area contributed by atoms with Gasteiger partial charge in [-0.15, -0.1) is 0 Å². The van der Waals surface area contributed by atoms with E-state index in [-0.39, 0.29) is 10.6 Å². The van der Waals surface area contributed by atoms with Gasteiger partial charge in [-0.3, -0.25) is 10.1 Å². The van der Waals surface area contributed by atoms with Gasteiger partial charge in [0.05, 0.1) is 9.82 Å². The molecule has 9 nitrogen and oxygen atoms in total. The highest BCUT2D eigenvalue weighted by Crippen LogP contribution is 2.35. The van der Waals surface area contributed by atoms with E-state index < -0.39 is 14.9 Å². The number of rotatable bonds is 7. The zero-order chi connectivity index (χ0) is 22.9. The normalized spacial score (nSPS) is 14.7. The molecule has 3 heterocycles. The largest absolute Gasteiger partial charge is 0.362 e. The third-order valence-corrected chi connectivity index (χ3v) is 7.88. The van der Waals surface area contributed by atoms with Crippen LogP contribution in [0.15, 0.2) is 53.7 Å². The summed E-state index contributed by atoms with van der Waals surface area (Å²) < 4.78 is 26.9. The topological polar surface area (TPSA) is 112 Å².